The standard InChI is InChI=1S/C20H22FN3O4S/c1-13(2)14-5-7-15(8-6-14)20-22-19(28-23-20)12-24(3)29(25,26)18-11-16(21)9-10-17(18)27-4/h5-11,13H,12H2,1-4H3. The number of halogens is 1. The summed E-state index contributed by atoms with van der Waals surface area (Å²) in [6.45, 7) is 4.04. The molecule has 0 unspecified atom stereocenters. The van der Waals surface area contributed by atoms with Crippen molar-refractivity contribution < 1.29 is 22.1 Å². The summed E-state index contributed by atoms with van der Waals surface area (Å²) in [7, 11) is -1.36. The molecule has 1 heterocycles. The second kappa shape index (κ2) is 8.30. The van der Waals surface area contributed by atoms with E-state index >= 15 is 0 Å². The average Bonchev–Trinajstić information content (AvgIpc) is 3.16. The van der Waals surface area contributed by atoms with Crippen molar-refractivity contribution in [1.82, 2.24) is 14.4 Å². The number of hydrogen-bond acceptors (Lipinski definition) is 6. The van der Waals surface area contributed by atoms with Crippen LogP contribution in [0.3, 0.4) is 0 Å². The molecule has 0 saturated carbocycles. The fourth-order valence-corrected chi connectivity index (χ4v) is 4.03. The minimum atomic E-state index is -4.03. The topological polar surface area (TPSA) is 85.5 Å². The average molecular weight is 419 g/mol. The maximum absolute atomic E-state index is 13.6. The molecule has 3 aromatic rings. The van der Waals surface area contributed by atoms with E-state index in [0.717, 1.165) is 22.0 Å². The van der Waals surface area contributed by atoms with E-state index in [1.165, 1.54) is 25.8 Å². The number of sulfonamides is 1. The van der Waals surface area contributed by atoms with E-state index in [2.05, 4.69) is 24.0 Å². The summed E-state index contributed by atoms with van der Waals surface area (Å²) in [4.78, 5) is 4.00. The van der Waals surface area contributed by atoms with Crippen LogP contribution in [0.1, 0.15) is 31.2 Å². The van der Waals surface area contributed by atoms with Crippen molar-refractivity contribution in [2.75, 3.05) is 14.2 Å². The van der Waals surface area contributed by atoms with Crippen LogP contribution in [-0.4, -0.2) is 37.0 Å². The van der Waals surface area contributed by atoms with Gasteiger partial charge in [0.05, 0.1) is 13.7 Å². The highest BCUT2D eigenvalue weighted by Crippen LogP contribution is 2.28. The van der Waals surface area contributed by atoms with Crippen molar-refractivity contribution in [3.05, 3.63) is 59.7 Å². The highest BCUT2D eigenvalue weighted by Gasteiger charge is 2.27. The summed E-state index contributed by atoms with van der Waals surface area (Å²) in [6, 6.07) is 11.1. The van der Waals surface area contributed by atoms with Crippen LogP contribution < -0.4 is 4.74 Å². The van der Waals surface area contributed by atoms with E-state index in [-0.39, 0.29) is 23.1 Å². The van der Waals surface area contributed by atoms with E-state index in [1.54, 1.807) is 0 Å². The molecule has 0 radical (unpaired) electrons. The summed E-state index contributed by atoms with van der Waals surface area (Å²) < 4.78 is 50.5. The molecule has 0 fully saturated rings. The van der Waals surface area contributed by atoms with Gasteiger partial charge in [0, 0.05) is 12.6 Å². The zero-order chi connectivity index (χ0) is 21.2. The van der Waals surface area contributed by atoms with Gasteiger partial charge in [-0.05, 0) is 29.7 Å². The molecule has 0 N–H and O–H groups in total. The first-order chi connectivity index (χ1) is 13.7. The lowest BCUT2D eigenvalue weighted by Crippen LogP contribution is -2.27. The number of hydrogen-bond donors (Lipinski definition) is 0. The van der Waals surface area contributed by atoms with Gasteiger partial charge in [-0.1, -0.05) is 43.3 Å². The molecule has 0 atom stereocenters. The molecule has 29 heavy (non-hydrogen) atoms. The third-order valence-corrected chi connectivity index (χ3v) is 6.30. The van der Waals surface area contributed by atoms with E-state index in [1.807, 2.05) is 24.3 Å². The van der Waals surface area contributed by atoms with Crippen molar-refractivity contribution in [3.8, 4) is 17.1 Å². The van der Waals surface area contributed by atoms with E-state index < -0.39 is 15.8 Å². The summed E-state index contributed by atoms with van der Waals surface area (Å²) in [6.07, 6.45) is 0. The molecule has 0 spiro atoms. The molecule has 0 bridgehead atoms. The zero-order valence-corrected chi connectivity index (χ0v) is 17.4. The van der Waals surface area contributed by atoms with Crippen LogP contribution in [0.15, 0.2) is 51.9 Å². The molecule has 0 aliphatic rings. The molecule has 0 aliphatic carbocycles. The maximum Gasteiger partial charge on any atom is 0.247 e. The summed E-state index contributed by atoms with van der Waals surface area (Å²) >= 11 is 0. The van der Waals surface area contributed by atoms with Gasteiger partial charge in [0.2, 0.25) is 21.7 Å². The Kier molecular flexibility index (Phi) is 5.99. The second-order valence-corrected chi connectivity index (χ2v) is 8.86. The number of methoxy groups -OCH3 is 1. The minimum Gasteiger partial charge on any atom is -0.495 e. The van der Waals surface area contributed by atoms with Gasteiger partial charge in [-0.15, -0.1) is 0 Å². The molecule has 154 valence electrons. The first-order valence-corrected chi connectivity index (χ1v) is 10.4. The Morgan fingerprint density at radius 3 is 2.48 bits per heavy atom. The first-order valence-electron chi connectivity index (χ1n) is 8.95. The maximum atomic E-state index is 13.6. The predicted octanol–water partition coefficient (Wildman–Crippen LogP) is 3.83. The summed E-state index contributed by atoms with van der Waals surface area (Å²) in [5.41, 5.74) is 1.95. The lowest BCUT2D eigenvalue weighted by atomic mass is 10.0. The van der Waals surface area contributed by atoms with Crippen LogP contribution in [0, 0.1) is 5.82 Å². The summed E-state index contributed by atoms with van der Waals surface area (Å²) in [5.74, 6) is 0.264. The number of rotatable bonds is 7. The number of ether oxygens (including phenoxy) is 1. The van der Waals surface area contributed by atoms with E-state index in [4.69, 9.17) is 9.26 Å². The lowest BCUT2D eigenvalue weighted by Gasteiger charge is -2.17. The molecular formula is C20H22FN3O4S. The Morgan fingerprint density at radius 1 is 1.17 bits per heavy atom. The first kappa shape index (κ1) is 20.9. The van der Waals surface area contributed by atoms with Gasteiger partial charge >= 0.3 is 0 Å². The molecule has 3 rings (SSSR count). The number of aromatic nitrogens is 2. The van der Waals surface area contributed by atoms with Gasteiger partial charge in [-0.2, -0.15) is 9.29 Å². The van der Waals surface area contributed by atoms with Gasteiger partial charge in [0.15, 0.2) is 0 Å². The zero-order valence-electron chi connectivity index (χ0n) is 16.6. The molecule has 0 aliphatic heterocycles. The van der Waals surface area contributed by atoms with Crippen LogP contribution in [0.4, 0.5) is 4.39 Å². The third-order valence-electron chi connectivity index (χ3n) is 4.48. The van der Waals surface area contributed by atoms with Crippen LogP contribution >= 0.6 is 0 Å². The van der Waals surface area contributed by atoms with Crippen LogP contribution in [0.2, 0.25) is 0 Å². The Morgan fingerprint density at radius 2 is 1.86 bits per heavy atom. The lowest BCUT2D eigenvalue weighted by molar-refractivity contribution is 0.335. The Bertz CT molecular complexity index is 1100. The Balaban J connectivity index is 1.81. The number of nitrogens with zero attached hydrogens (tertiary/aromatic N) is 3. The molecule has 0 amide bonds. The van der Waals surface area contributed by atoms with Crippen LogP contribution in [-0.2, 0) is 16.6 Å². The predicted molar refractivity (Wildman–Crippen MR) is 105 cm³/mol. The Labute approximate surface area is 169 Å². The van der Waals surface area contributed by atoms with Gasteiger partial charge in [0.25, 0.3) is 0 Å². The molecule has 9 heteroatoms. The minimum absolute atomic E-state index is 0.0507. The third kappa shape index (κ3) is 4.46. The normalized spacial score (nSPS) is 12.0. The summed E-state index contributed by atoms with van der Waals surface area (Å²) in [5, 5.41) is 3.92. The molecule has 1 aromatic heterocycles. The van der Waals surface area contributed by atoms with E-state index in [9.17, 15) is 12.8 Å². The Hall–Kier alpha value is -2.78. The van der Waals surface area contributed by atoms with Crippen molar-refractivity contribution in [1.29, 1.82) is 0 Å². The fourth-order valence-electron chi connectivity index (χ4n) is 2.75. The molecule has 2 aromatic carbocycles. The smallest absolute Gasteiger partial charge is 0.247 e. The second-order valence-electron chi connectivity index (χ2n) is 6.84. The number of benzene rings is 2. The highest BCUT2D eigenvalue weighted by molar-refractivity contribution is 7.89. The van der Waals surface area contributed by atoms with Crippen molar-refractivity contribution in [3.63, 3.8) is 0 Å². The molecule has 7 nitrogen and oxygen atoms in total. The van der Waals surface area contributed by atoms with Crippen molar-refractivity contribution >= 4 is 10.0 Å². The highest BCUT2D eigenvalue weighted by atomic mass is 32.2. The van der Waals surface area contributed by atoms with Gasteiger partial charge < -0.3 is 9.26 Å². The van der Waals surface area contributed by atoms with Crippen molar-refractivity contribution in [2.45, 2.75) is 31.2 Å². The fraction of sp³-hybridized carbons (Fsp3) is 0.300. The SMILES string of the molecule is COc1ccc(F)cc1S(=O)(=O)N(C)Cc1nc(-c2ccc(C(C)C)cc2)no1. The largest absolute Gasteiger partial charge is 0.495 e. The van der Waals surface area contributed by atoms with Gasteiger partial charge in [-0.25, -0.2) is 12.8 Å². The monoisotopic (exact) mass is 419 g/mol. The molecular weight excluding hydrogens is 397 g/mol. The molecule has 0 saturated heterocycles. The van der Waals surface area contributed by atoms with Crippen LogP contribution in [0.5, 0.6) is 5.75 Å². The van der Waals surface area contributed by atoms with Crippen molar-refractivity contribution in [2.24, 2.45) is 0 Å². The van der Waals surface area contributed by atoms with Gasteiger partial charge in [-0.3, -0.25) is 0 Å². The van der Waals surface area contributed by atoms with Crippen LogP contribution in [0.25, 0.3) is 11.4 Å². The van der Waals surface area contributed by atoms with Gasteiger partial charge in [0.1, 0.15) is 16.5 Å². The quantitative estimate of drug-likeness (QED) is 0.579. The van der Waals surface area contributed by atoms with E-state index in [0.29, 0.717) is 11.7 Å².